The van der Waals surface area contributed by atoms with Gasteiger partial charge in [0.15, 0.2) is 0 Å². The summed E-state index contributed by atoms with van der Waals surface area (Å²) < 4.78 is 5.74. The zero-order valence-corrected chi connectivity index (χ0v) is 9.28. The first-order valence-electron chi connectivity index (χ1n) is 3.51. The molecule has 0 fully saturated rings. The summed E-state index contributed by atoms with van der Waals surface area (Å²) >= 11 is 7.89. The van der Waals surface area contributed by atoms with E-state index in [-0.39, 0.29) is 0 Å². The monoisotopic (exact) mass is 306 g/mol. The van der Waals surface area contributed by atoms with Gasteiger partial charge in [-0.3, -0.25) is 0 Å². The average molecular weight is 306 g/mol. The first kappa shape index (κ1) is 8.96. The number of benzene rings is 1. The summed E-state index contributed by atoms with van der Waals surface area (Å²) in [5, 5.41) is 8.20. The third-order valence-electron chi connectivity index (χ3n) is 1.50. The fraction of sp³-hybridized carbons (Fsp3) is 0. The van der Waals surface area contributed by atoms with Crippen LogP contribution in [0.15, 0.2) is 28.7 Å². The van der Waals surface area contributed by atoms with Crippen LogP contribution in [0.3, 0.4) is 0 Å². The van der Waals surface area contributed by atoms with Gasteiger partial charge in [0, 0.05) is 22.6 Å². The zero-order chi connectivity index (χ0) is 9.26. The predicted molar refractivity (Wildman–Crippen MR) is 57.5 cm³/mol. The summed E-state index contributed by atoms with van der Waals surface area (Å²) in [6, 6.07) is 7.35. The molecule has 2 aromatic rings. The molecule has 5 heteroatoms. The molecule has 0 radical (unpaired) electrons. The summed E-state index contributed by atoms with van der Waals surface area (Å²) in [6.07, 6.45) is 0. The van der Waals surface area contributed by atoms with Crippen molar-refractivity contribution in [1.82, 2.24) is 10.2 Å². The molecule has 0 amide bonds. The van der Waals surface area contributed by atoms with Gasteiger partial charge in [0.25, 0.3) is 3.90 Å². The number of aromatic nitrogens is 2. The molecule has 0 spiro atoms. The minimum atomic E-state index is 0.454. The number of halogens is 2. The molecule has 1 aromatic carbocycles. The van der Waals surface area contributed by atoms with E-state index in [1.165, 1.54) is 0 Å². The number of hydrogen-bond acceptors (Lipinski definition) is 3. The highest BCUT2D eigenvalue weighted by atomic mass is 127. The van der Waals surface area contributed by atoms with Crippen LogP contribution in [-0.4, -0.2) is 10.2 Å². The van der Waals surface area contributed by atoms with Gasteiger partial charge < -0.3 is 4.42 Å². The quantitative estimate of drug-likeness (QED) is 0.760. The van der Waals surface area contributed by atoms with Crippen molar-refractivity contribution in [3.8, 4) is 11.5 Å². The third-order valence-corrected chi connectivity index (χ3v) is 2.27. The number of rotatable bonds is 1. The molecule has 0 bridgehead atoms. The van der Waals surface area contributed by atoms with Crippen molar-refractivity contribution < 1.29 is 4.42 Å². The summed E-state index contributed by atoms with van der Waals surface area (Å²) in [7, 11) is 0. The standard InChI is InChI=1S/C8H4ClIN2O/c9-6-4-2-1-3-5(6)7-11-12-8(10)13-7/h1-4H. The molecular weight excluding hydrogens is 302 g/mol. The van der Waals surface area contributed by atoms with Crippen molar-refractivity contribution in [3.05, 3.63) is 33.2 Å². The van der Waals surface area contributed by atoms with Gasteiger partial charge in [-0.2, -0.15) is 0 Å². The fourth-order valence-corrected chi connectivity index (χ4v) is 1.48. The Bertz CT molecular complexity index is 430. The Kier molecular flexibility index (Phi) is 2.50. The maximum Gasteiger partial charge on any atom is 0.278 e. The highest BCUT2D eigenvalue weighted by Gasteiger charge is 2.08. The fourth-order valence-electron chi connectivity index (χ4n) is 0.949. The van der Waals surface area contributed by atoms with Crippen LogP contribution in [0.5, 0.6) is 0 Å². The number of nitrogens with zero attached hydrogens (tertiary/aromatic N) is 2. The first-order chi connectivity index (χ1) is 6.27. The van der Waals surface area contributed by atoms with E-state index in [4.69, 9.17) is 16.0 Å². The molecular formula is C8H4ClIN2O. The molecule has 1 aromatic heterocycles. The Morgan fingerprint density at radius 1 is 1.23 bits per heavy atom. The first-order valence-corrected chi connectivity index (χ1v) is 4.97. The van der Waals surface area contributed by atoms with E-state index in [1.807, 2.05) is 40.8 Å². The van der Waals surface area contributed by atoms with Crippen molar-refractivity contribution in [3.63, 3.8) is 0 Å². The highest BCUT2D eigenvalue weighted by molar-refractivity contribution is 14.1. The van der Waals surface area contributed by atoms with E-state index in [9.17, 15) is 0 Å². The van der Waals surface area contributed by atoms with Crippen LogP contribution in [0.2, 0.25) is 5.02 Å². The van der Waals surface area contributed by atoms with Crippen molar-refractivity contribution in [2.45, 2.75) is 0 Å². The molecule has 66 valence electrons. The van der Waals surface area contributed by atoms with E-state index in [0.717, 1.165) is 5.56 Å². The normalized spacial score (nSPS) is 10.3. The van der Waals surface area contributed by atoms with Crippen LogP contribution in [0.1, 0.15) is 0 Å². The van der Waals surface area contributed by atoms with Crippen LogP contribution in [0, 0.1) is 3.90 Å². The van der Waals surface area contributed by atoms with Gasteiger partial charge in [0.05, 0.1) is 10.6 Å². The Balaban J connectivity index is 2.52. The van der Waals surface area contributed by atoms with Crippen LogP contribution in [-0.2, 0) is 0 Å². The van der Waals surface area contributed by atoms with Gasteiger partial charge in [-0.15, -0.1) is 10.2 Å². The van der Waals surface area contributed by atoms with Crippen LogP contribution >= 0.6 is 34.2 Å². The van der Waals surface area contributed by atoms with Crippen molar-refractivity contribution in [2.24, 2.45) is 0 Å². The van der Waals surface area contributed by atoms with Gasteiger partial charge in [-0.1, -0.05) is 23.7 Å². The van der Waals surface area contributed by atoms with Crippen molar-refractivity contribution in [1.29, 1.82) is 0 Å². The summed E-state index contributed by atoms with van der Waals surface area (Å²) in [6.45, 7) is 0. The van der Waals surface area contributed by atoms with Gasteiger partial charge in [-0.25, -0.2) is 0 Å². The van der Waals surface area contributed by atoms with Gasteiger partial charge in [-0.05, 0) is 12.1 Å². The summed E-state index contributed by atoms with van der Waals surface area (Å²) in [4.78, 5) is 0. The van der Waals surface area contributed by atoms with Crippen LogP contribution < -0.4 is 0 Å². The average Bonchev–Trinajstić information content (AvgIpc) is 2.53. The highest BCUT2D eigenvalue weighted by Crippen LogP contribution is 2.26. The van der Waals surface area contributed by atoms with Crippen LogP contribution in [0.4, 0.5) is 0 Å². The molecule has 13 heavy (non-hydrogen) atoms. The maximum atomic E-state index is 5.94. The van der Waals surface area contributed by atoms with Crippen LogP contribution in [0.25, 0.3) is 11.5 Å². The molecule has 0 aliphatic carbocycles. The smallest absolute Gasteiger partial charge is 0.278 e. The summed E-state index contributed by atoms with van der Waals surface area (Å²) in [5.41, 5.74) is 0.764. The molecule has 0 aliphatic heterocycles. The second-order valence-electron chi connectivity index (χ2n) is 2.34. The van der Waals surface area contributed by atoms with E-state index in [2.05, 4.69) is 10.2 Å². The lowest BCUT2D eigenvalue weighted by Crippen LogP contribution is -1.78. The largest absolute Gasteiger partial charge is 0.412 e. The third kappa shape index (κ3) is 1.83. The molecule has 0 unspecified atom stereocenters. The second kappa shape index (κ2) is 3.63. The molecule has 3 nitrogen and oxygen atoms in total. The maximum absolute atomic E-state index is 5.94. The molecule has 2 rings (SSSR count). The van der Waals surface area contributed by atoms with Gasteiger partial charge in [0.2, 0.25) is 5.89 Å². The topological polar surface area (TPSA) is 38.9 Å². The van der Waals surface area contributed by atoms with Crippen molar-refractivity contribution in [2.75, 3.05) is 0 Å². The molecule has 0 atom stereocenters. The lowest BCUT2D eigenvalue weighted by molar-refractivity contribution is 0.537. The van der Waals surface area contributed by atoms with E-state index < -0.39 is 0 Å². The minimum Gasteiger partial charge on any atom is -0.412 e. The van der Waals surface area contributed by atoms with E-state index >= 15 is 0 Å². The Morgan fingerprint density at radius 3 is 2.62 bits per heavy atom. The minimum absolute atomic E-state index is 0.454. The molecule has 0 saturated carbocycles. The Hall–Kier alpha value is -0.620. The lowest BCUT2D eigenvalue weighted by Gasteiger charge is -1.95. The van der Waals surface area contributed by atoms with Gasteiger partial charge in [0.1, 0.15) is 0 Å². The zero-order valence-electron chi connectivity index (χ0n) is 6.37. The van der Waals surface area contributed by atoms with Gasteiger partial charge >= 0.3 is 0 Å². The van der Waals surface area contributed by atoms with Crippen molar-refractivity contribution >= 4 is 34.2 Å². The molecule has 0 saturated heterocycles. The number of hydrogen-bond donors (Lipinski definition) is 0. The predicted octanol–water partition coefficient (Wildman–Crippen LogP) is 2.99. The summed E-state index contributed by atoms with van der Waals surface area (Å²) in [5.74, 6) is 0.454. The van der Waals surface area contributed by atoms with E-state index in [0.29, 0.717) is 14.8 Å². The molecule has 0 aliphatic rings. The Morgan fingerprint density at radius 2 is 2.00 bits per heavy atom. The molecule has 0 N–H and O–H groups in total. The second-order valence-corrected chi connectivity index (χ2v) is 3.67. The lowest BCUT2D eigenvalue weighted by atomic mass is 10.2. The Labute approximate surface area is 93.3 Å². The molecule has 1 heterocycles. The SMILES string of the molecule is Clc1ccccc1-c1nnc(I)o1. The van der Waals surface area contributed by atoms with E-state index in [1.54, 1.807) is 6.07 Å².